The van der Waals surface area contributed by atoms with Crippen LogP contribution in [0.15, 0.2) is 42.5 Å². The van der Waals surface area contributed by atoms with E-state index in [1.54, 1.807) is 6.07 Å². The van der Waals surface area contributed by atoms with Crippen LogP contribution in [0.1, 0.15) is 11.1 Å². The number of benzene rings is 2. The summed E-state index contributed by atoms with van der Waals surface area (Å²) < 4.78 is 5.84. The second kappa shape index (κ2) is 5.63. The maximum absolute atomic E-state index is 10.0. The van der Waals surface area contributed by atoms with Crippen molar-refractivity contribution < 1.29 is 9.84 Å². The van der Waals surface area contributed by atoms with Gasteiger partial charge in [-0.1, -0.05) is 18.2 Å². The van der Waals surface area contributed by atoms with Crippen molar-refractivity contribution in [3.05, 3.63) is 53.6 Å². The Bertz CT molecular complexity index is 661. The molecule has 1 saturated heterocycles. The van der Waals surface area contributed by atoms with Gasteiger partial charge in [0.05, 0.1) is 0 Å². The third kappa shape index (κ3) is 2.80. The standard InChI is InChI=1S/C18H20N2O2/c21-17-6-3-13-8-15-11-19-14(10-20-15)7-12-1-4-16(5-2-12)22-18(17)9-13/h1-6,9,14-15,19-21H,7-8,10-11H2/t14-,15-/m1/s1. The molecule has 5 aliphatic heterocycles. The van der Waals surface area contributed by atoms with Gasteiger partial charge in [-0.05, 0) is 48.2 Å². The number of piperazine rings is 1. The summed E-state index contributed by atoms with van der Waals surface area (Å²) in [6, 6.07) is 14.6. The third-order valence-electron chi connectivity index (χ3n) is 4.45. The Kier molecular flexibility index (Phi) is 3.48. The van der Waals surface area contributed by atoms with Crippen LogP contribution in [0.25, 0.3) is 0 Å². The lowest BCUT2D eigenvalue weighted by Crippen LogP contribution is -2.55. The first kappa shape index (κ1) is 13.6. The minimum absolute atomic E-state index is 0.176. The van der Waals surface area contributed by atoms with Gasteiger partial charge < -0.3 is 20.5 Å². The zero-order valence-corrected chi connectivity index (χ0v) is 12.4. The molecule has 2 aromatic rings. The van der Waals surface area contributed by atoms with E-state index in [0.29, 0.717) is 17.8 Å². The summed E-state index contributed by atoms with van der Waals surface area (Å²) >= 11 is 0. The molecule has 0 spiro atoms. The van der Waals surface area contributed by atoms with E-state index in [1.807, 2.05) is 24.3 Å². The second-order valence-corrected chi connectivity index (χ2v) is 6.17. The van der Waals surface area contributed by atoms with E-state index in [2.05, 4.69) is 22.8 Å². The Morgan fingerprint density at radius 3 is 2.18 bits per heavy atom. The third-order valence-corrected chi connectivity index (χ3v) is 4.45. The van der Waals surface area contributed by atoms with Gasteiger partial charge in [0.2, 0.25) is 0 Å². The quantitative estimate of drug-likeness (QED) is 0.698. The Morgan fingerprint density at radius 1 is 0.864 bits per heavy atom. The molecule has 0 saturated carbocycles. The molecule has 4 heteroatoms. The van der Waals surface area contributed by atoms with Crippen LogP contribution in [-0.4, -0.2) is 30.3 Å². The lowest BCUT2D eigenvalue weighted by atomic mass is 9.99. The highest BCUT2D eigenvalue weighted by Gasteiger charge is 2.21. The van der Waals surface area contributed by atoms with Gasteiger partial charge in [0.1, 0.15) is 5.75 Å². The van der Waals surface area contributed by atoms with Gasteiger partial charge in [-0.2, -0.15) is 0 Å². The molecule has 7 rings (SSSR count). The summed E-state index contributed by atoms with van der Waals surface area (Å²) in [7, 11) is 0. The van der Waals surface area contributed by atoms with Crippen LogP contribution in [0.5, 0.6) is 17.2 Å². The van der Waals surface area contributed by atoms with E-state index in [4.69, 9.17) is 4.74 Å². The van der Waals surface area contributed by atoms with Crippen molar-refractivity contribution in [2.75, 3.05) is 13.1 Å². The molecule has 0 aromatic heterocycles. The minimum Gasteiger partial charge on any atom is -0.504 e. The highest BCUT2D eigenvalue weighted by molar-refractivity contribution is 5.45. The van der Waals surface area contributed by atoms with Crippen LogP contribution >= 0.6 is 0 Å². The van der Waals surface area contributed by atoms with Crippen LogP contribution in [-0.2, 0) is 12.8 Å². The molecular formula is C18H20N2O2. The summed E-state index contributed by atoms with van der Waals surface area (Å²) in [5, 5.41) is 17.3. The SMILES string of the molecule is Oc1ccc2cc1Oc1ccc(cc1)C[C@@H]1CN[C@@H](CN1)C2. The monoisotopic (exact) mass is 296 g/mol. The number of hydrogen-bond donors (Lipinski definition) is 3. The number of aromatic hydroxyl groups is 1. The Hall–Kier alpha value is -2.04. The van der Waals surface area contributed by atoms with Crippen molar-refractivity contribution in [1.29, 1.82) is 0 Å². The van der Waals surface area contributed by atoms with E-state index in [9.17, 15) is 5.11 Å². The fourth-order valence-electron chi connectivity index (χ4n) is 3.21. The summed E-state index contributed by atoms with van der Waals surface area (Å²) in [5.74, 6) is 1.45. The summed E-state index contributed by atoms with van der Waals surface area (Å²) in [6.45, 7) is 1.94. The number of phenols is 1. The van der Waals surface area contributed by atoms with Crippen LogP contribution in [0.2, 0.25) is 0 Å². The molecule has 2 atom stereocenters. The highest BCUT2D eigenvalue weighted by atomic mass is 16.5. The molecule has 6 bridgehead atoms. The highest BCUT2D eigenvalue weighted by Crippen LogP contribution is 2.32. The average molecular weight is 296 g/mol. The van der Waals surface area contributed by atoms with Crippen molar-refractivity contribution in [2.24, 2.45) is 0 Å². The molecule has 4 nitrogen and oxygen atoms in total. The summed E-state index contributed by atoms with van der Waals surface area (Å²) in [5.41, 5.74) is 2.46. The zero-order valence-electron chi connectivity index (χ0n) is 12.4. The Morgan fingerprint density at radius 2 is 1.50 bits per heavy atom. The molecule has 0 unspecified atom stereocenters. The molecule has 5 heterocycles. The average Bonchev–Trinajstić information content (AvgIpc) is 2.54. The molecule has 5 aliphatic rings. The van der Waals surface area contributed by atoms with Gasteiger partial charge in [-0.3, -0.25) is 0 Å². The van der Waals surface area contributed by atoms with Crippen LogP contribution in [0.4, 0.5) is 0 Å². The van der Waals surface area contributed by atoms with Crippen molar-refractivity contribution in [2.45, 2.75) is 24.9 Å². The van der Waals surface area contributed by atoms with Gasteiger partial charge in [0.25, 0.3) is 0 Å². The Balaban J connectivity index is 1.73. The van der Waals surface area contributed by atoms with Crippen molar-refractivity contribution in [1.82, 2.24) is 10.6 Å². The number of rotatable bonds is 0. The molecule has 0 amide bonds. The van der Waals surface area contributed by atoms with Crippen molar-refractivity contribution in [3.8, 4) is 17.2 Å². The van der Waals surface area contributed by atoms with Gasteiger partial charge in [-0.25, -0.2) is 0 Å². The van der Waals surface area contributed by atoms with E-state index in [-0.39, 0.29) is 5.75 Å². The smallest absolute Gasteiger partial charge is 0.169 e. The molecule has 0 radical (unpaired) electrons. The van der Waals surface area contributed by atoms with E-state index in [1.165, 1.54) is 11.1 Å². The predicted octanol–water partition coefficient (Wildman–Crippen LogP) is 2.21. The fourth-order valence-corrected chi connectivity index (χ4v) is 3.21. The van der Waals surface area contributed by atoms with Crippen LogP contribution in [0.3, 0.4) is 0 Å². The van der Waals surface area contributed by atoms with Gasteiger partial charge >= 0.3 is 0 Å². The first-order valence-electron chi connectivity index (χ1n) is 7.82. The number of ether oxygens (including phenoxy) is 1. The zero-order chi connectivity index (χ0) is 14.9. The number of phenolic OH excluding ortho intramolecular Hbond substituents is 1. The van der Waals surface area contributed by atoms with Crippen LogP contribution in [0, 0.1) is 0 Å². The molecule has 0 aliphatic carbocycles. The predicted molar refractivity (Wildman–Crippen MR) is 85.6 cm³/mol. The van der Waals surface area contributed by atoms with Gasteiger partial charge in [-0.15, -0.1) is 0 Å². The van der Waals surface area contributed by atoms with Crippen molar-refractivity contribution >= 4 is 0 Å². The first-order chi connectivity index (χ1) is 10.8. The number of hydrogen-bond acceptors (Lipinski definition) is 4. The van der Waals surface area contributed by atoms with E-state index >= 15 is 0 Å². The molecule has 22 heavy (non-hydrogen) atoms. The summed E-state index contributed by atoms with van der Waals surface area (Å²) in [6.07, 6.45) is 1.94. The van der Waals surface area contributed by atoms with E-state index in [0.717, 1.165) is 31.7 Å². The molecule has 3 N–H and O–H groups in total. The number of nitrogens with one attached hydrogen (secondary N) is 2. The maximum atomic E-state index is 10.0. The molecule has 2 aromatic carbocycles. The fraction of sp³-hybridized carbons (Fsp3) is 0.333. The lowest BCUT2D eigenvalue weighted by molar-refractivity contribution is 0.341. The minimum atomic E-state index is 0.176. The Labute approximate surface area is 130 Å². The van der Waals surface area contributed by atoms with E-state index < -0.39 is 0 Å². The van der Waals surface area contributed by atoms with Gasteiger partial charge in [0.15, 0.2) is 11.5 Å². The summed E-state index contributed by atoms with van der Waals surface area (Å²) in [4.78, 5) is 0. The van der Waals surface area contributed by atoms with Crippen molar-refractivity contribution in [3.63, 3.8) is 0 Å². The maximum Gasteiger partial charge on any atom is 0.169 e. The molecule has 114 valence electrons. The van der Waals surface area contributed by atoms with Crippen LogP contribution < -0.4 is 15.4 Å². The molecular weight excluding hydrogens is 276 g/mol. The largest absolute Gasteiger partial charge is 0.504 e. The topological polar surface area (TPSA) is 53.5 Å². The normalized spacial score (nSPS) is 23.8. The first-order valence-corrected chi connectivity index (χ1v) is 7.82. The lowest BCUT2D eigenvalue weighted by Gasteiger charge is -2.31. The molecule has 1 fully saturated rings. The van der Waals surface area contributed by atoms with Gasteiger partial charge in [0, 0.05) is 25.2 Å². The second-order valence-electron chi connectivity index (χ2n) is 6.17.